The van der Waals surface area contributed by atoms with Crippen molar-refractivity contribution >= 4 is 29.2 Å². The molecule has 0 aliphatic heterocycles. The second-order valence-electron chi connectivity index (χ2n) is 8.66. The Hall–Kier alpha value is -2.54. The van der Waals surface area contributed by atoms with E-state index in [9.17, 15) is 0 Å². The minimum atomic E-state index is 0.507. The third-order valence-corrected chi connectivity index (χ3v) is 7.22. The summed E-state index contributed by atoms with van der Waals surface area (Å²) in [6.07, 6.45) is 15.2. The van der Waals surface area contributed by atoms with E-state index in [2.05, 4.69) is 50.1 Å². The number of H-pyrrole nitrogens is 1. The molecule has 2 fully saturated rings. The predicted molar refractivity (Wildman–Crippen MR) is 126 cm³/mol. The number of nitrogens with one attached hydrogen (secondary N) is 3. The number of nitrogens with zero attached hydrogens (tertiary/aromatic N) is 3. The van der Waals surface area contributed by atoms with Crippen molar-refractivity contribution < 1.29 is 0 Å². The summed E-state index contributed by atoms with van der Waals surface area (Å²) in [5.41, 5.74) is 1.24. The maximum atomic E-state index is 4.87. The molecule has 0 saturated heterocycles. The van der Waals surface area contributed by atoms with Gasteiger partial charge in [0.25, 0.3) is 0 Å². The Morgan fingerprint density at radius 3 is 2.48 bits per heavy atom. The van der Waals surface area contributed by atoms with E-state index in [1.54, 1.807) is 18.0 Å². The monoisotopic (exact) mass is 434 g/mol. The summed E-state index contributed by atoms with van der Waals surface area (Å²) < 4.78 is 0. The number of pyridine rings is 2. The van der Waals surface area contributed by atoms with Crippen molar-refractivity contribution in [2.75, 3.05) is 10.6 Å². The number of anilines is 3. The molecule has 0 atom stereocenters. The van der Waals surface area contributed by atoms with Gasteiger partial charge in [-0.25, -0.2) is 4.98 Å². The van der Waals surface area contributed by atoms with Crippen LogP contribution in [0.25, 0.3) is 0 Å². The molecule has 3 aromatic heterocycles. The lowest BCUT2D eigenvalue weighted by Crippen LogP contribution is -2.22. The van der Waals surface area contributed by atoms with Gasteiger partial charge in [0.05, 0.1) is 0 Å². The highest BCUT2D eigenvalue weighted by molar-refractivity contribution is 7.99. The topological polar surface area (TPSA) is 78.5 Å². The van der Waals surface area contributed by atoms with Crippen LogP contribution in [-0.2, 0) is 0 Å². The lowest BCUT2D eigenvalue weighted by Gasteiger charge is -2.23. The van der Waals surface area contributed by atoms with Crippen LogP contribution in [0.5, 0.6) is 0 Å². The summed E-state index contributed by atoms with van der Waals surface area (Å²) in [6, 6.07) is 10.9. The molecule has 31 heavy (non-hydrogen) atoms. The van der Waals surface area contributed by atoms with Gasteiger partial charge in [-0.15, -0.1) is 0 Å². The summed E-state index contributed by atoms with van der Waals surface area (Å²) in [5.74, 6) is 3.19. The number of rotatable bonds is 7. The second kappa shape index (κ2) is 9.73. The first kappa shape index (κ1) is 20.4. The zero-order chi connectivity index (χ0) is 20.9. The molecule has 0 bridgehead atoms. The summed E-state index contributed by atoms with van der Waals surface area (Å²) in [6.45, 7) is 0. The Bertz CT molecular complexity index is 977. The van der Waals surface area contributed by atoms with E-state index >= 15 is 0 Å². The van der Waals surface area contributed by atoms with E-state index in [-0.39, 0.29) is 0 Å². The van der Waals surface area contributed by atoms with Gasteiger partial charge in [-0.1, -0.05) is 43.9 Å². The van der Waals surface area contributed by atoms with Crippen molar-refractivity contribution in [2.45, 2.75) is 79.5 Å². The number of hydrogen-bond donors (Lipinski definition) is 3. The Labute approximate surface area is 188 Å². The van der Waals surface area contributed by atoms with Gasteiger partial charge in [-0.3, -0.25) is 10.1 Å². The molecule has 0 aromatic carbocycles. The van der Waals surface area contributed by atoms with Crippen LogP contribution >= 0.6 is 11.8 Å². The third kappa shape index (κ3) is 5.39. The average molecular weight is 435 g/mol. The summed E-state index contributed by atoms with van der Waals surface area (Å²) in [4.78, 5) is 11.4. The van der Waals surface area contributed by atoms with Crippen LogP contribution in [0.4, 0.5) is 17.5 Å². The molecule has 0 amide bonds. The summed E-state index contributed by atoms with van der Waals surface area (Å²) in [5, 5.41) is 14.8. The smallest absolute Gasteiger partial charge is 0.153 e. The highest BCUT2D eigenvalue weighted by Gasteiger charge is 2.19. The number of aromatic amines is 1. The molecule has 3 heterocycles. The van der Waals surface area contributed by atoms with Crippen LogP contribution in [0, 0.1) is 0 Å². The fourth-order valence-electron chi connectivity index (χ4n) is 4.68. The summed E-state index contributed by atoms with van der Waals surface area (Å²) >= 11 is 1.70. The van der Waals surface area contributed by atoms with Gasteiger partial charge in [0.15, 0.2) is 5.82 Å². The van der Waals surface area contributed by atoms with Crippen molar-refractivity contribution in [2.24, 2.45) is 0 Å². The maximum absolute atomic E-state index is 4.87. The van der Waals surface area contributed by atoms with Crippen molar-refractivity contribution in [1.82, 2.24) is 20.2 Å². The van der Waals surface area contributed by atoms with Crippen LogP contribution < -0.4 is 10.6 Å². The maximum Gasteiger partial charge on any atom is 0.153 e. The largest absolute Gasteiger partial charge is 0.367 e. The van der Waals surface area contributed by atoms with Gasteiger partial charge in [-0.05, 0) is 49.9 Å². The first-order valence-corrected chi connectivity index (χ1v) is 12.3. The fraction of sp³-hybridized carbons (Fsp3) is 0.458. The molecule has 162 valence electrons. The molecule has 2 saturated carbocycles. The minimum Gasteiger partial charge on any atom is -0.367 e. The SMILES string of the molecule is c1cncc(Sc2cc(Nc3cc(C4CCCC4)[nH]n3)nc(NC3CCCCC3)c2)c1. The standard InChI is InChI=1S/C24H30N6S/c1-2-9-18(10-3-1)26-22-13-20(31-19-11-6-12-25-16-19)14-23(27-22)28-24-15-21(29-30-24)17-7-4-5-8-17/h6,11-18H,1-5,7-10H2,(H3,26,27,28,29,30). The van der Waals surface area contributed by atoms with Crippen LogP contribution in [0.1, 0.15) is 69.4 Å². The van der Waals surface area contributed by atoms with Crippen molar-refractivity contribution in [3.05, 3.63) is 48.4 Å². The molecule has 2 aliphatic rings. The predicted octanol–water partition coefficient (Wildman–Crippen LogP) is 6.50. The van der Waals surface area contributed by atoms with Gasteiger partial charge in [0.1, 0.15) is 11.6 Å². The van der Waals surface area contributed by atoms with Crippen molar-refractivity contribution in [3.8, 4) is 0 Å². The molecule has 0 unspecified atom stereocenters. The highest BCUT2D eigenvalue weighted by Crippen LogP contribution is 2.35. The number of aromatic nitrogens is 4. The minimum absolute atomic E-state index is 0.507. The Balaban J connectivity index is 1.36. The molecular weight excluding hydrogens is 404 g/mol. The quantitative estimate of drug-likeness (QED) is 0.394. The van der Waals surface area contributed by atoms with E-state index in [1.807, 2.05) is 12.3 Å². The lowest BCUT2D eigenvalue weighted by atomic mass is 9.95. The fourth-order valence-corrected chi connectivity index (χ4v) is 5.55. The second-order valence-corrected chi connectivity index (χ2v) is 9.81. The Morgan fingerprint density at radius 1 is 0.871 bits per heavy atom. The molecular formula is C24H30N6S. The zero-order valence-corrected chi connectivity index (χ0v) is 18.6. The first-order chi connectivity index (χ1) is 15.3. The van der Waals surface area contributed by atoms with Crippen molar-refractivity contribution in [3.63, 3.8) is 0 Å². The van der Waals surface area contributed by atoms with Gasteiger partial charge in [-0.2, -0.15) is 5.10 Å². The number of hydrogen-bond acceptors (Lipinski definition) is 6. The van der Waals surface area contributed by atoms with Crippen LogP contribution in [-0.4, -0.2) is 26.2 Å². The van der Waals surface area contributed by atoms with Crippen molar-refractivity contribution in [1.29, 1.82) is 0 Å². The van der Waals surface area contributed by atoms with E-state index in [0.29, 0.717) is 12.0 Å². The Kier molecular flexibility index (Phi) is 6.39. The third-order valence-electron chi connectivity index (χ3n) is 6.27. The summed E-state index contributed by atoms with van der Waals surface area (Å²) in [7, 11) is 0. The van der Waals surface area contributed by atoms with Gasteiger partial charge >= 0.3 is 0 Å². The van der Waals surface area contributed by atoms with Crippen LogP contribution in [0.15, 0.2) is 52.5 Å². The molecule has 6 nitrogen and oxygen atoms in total. The van der Waals surface area contributed by atoms with E-state index in [4.69, 9.17) is 4.98 Å². The normalized spacial score (nSPS) is 17.7. The molecule has 3 aromatic rings. The molecule has 2 aliphatic carbocycles. The van der Waals surface area contributed by atoms with Crippen LogP contribution in [0.3, 0.4) is 0 Å². The average Bonchev–Trinajstić information content (AvgIpc) is 3.47. The first-order valence-electron chi connectivity index (χ1n) is 11.5. The van der Waals surface area contributed by atoms with Gasteiger partial charge < -0.3 is 10.6 Å². The molecule has 5 rings (SSSR count). The van der Waals surface area contributed by atoms with E-state index in [0.717, 1.165) is 27.2 Å². The molecule has 3 N–H and O–H groups in total. The van der Waals surface area contributed by atoms with E-state index < -0.39 is 0 Å². The molecule has 0 spiro atoms. The van der Waals surface area contributed by atoms with Gasteiger partial charge in [0, 0.05) is 45.9 Å². The molecule has 0 radical (unpaired) electrons. The zero-order valence-electron chi connectivity index (χ0n) is 17.8. The van der Waals surface area contributed by atoms with E-state index in [1.165, 1.54) is 63.5 Å². The Morgan fingerprint density at radius 2 is 1.68 bits per heavy atom. The van der Waals surface area contributed by atoms with Gasteiger partial charge in [0.2, 0.25) is 0 Å². The molecule has 7 heteroatoms. The van der Waals surface area contributed by atoms with Crippen LogP contribution in [0.2, 0.25) is 0 Å². The lowest BCUT2D eigenvalue weighted by molar-refractivity contribution is 0.462. The highest BCUT2D eigenvalue weighted by atomic mass is 32.2.